The first-order valence-corrected chi connectivity index (χ1v) is 6.21. The van der Waals surface area contributed by atoms with Gasteiger partial charge in [-0.1, -0.05) is 41.9 Å². The molecular weight excluding hydrogens is 252 g/mol. The van der Waals surface area contributed by atoms with Crippen LogP contribution in [-0.4, -0.2) is 11.2 Å². The van der Waals surface area contributed by atoms with E-state index in [4.69, 9.17) is 0 Å². The quantitative estimate of drug-likeness (QED) is 0.891. The predicted octanol–water partition coefficient (Wildman–Crippen LogP) is 3.40. The van der Waals surface area contributed by atoms with Crippen molar-refractivity contribution in [3.63, 3.8) is 0 Å². The van der Waals surface area contributed by atoms with Crippen molar-refractivity contribution in [2.75, 3.05) is 0 Å². The molecule has 0 spiro atoms. The van der Waals surface area contributed by atoms with Gasteiger partial charge in [0, 0.05) is 4.47 Å². The standard InChI is InChI=1S/C13H17BrO/c1-13(2)8-11(13)12(15)7-9-3-5-10(14)6-4-9/h3-6,11-12,15H,7-8H2,1-2H3. The Balaban J connectivity index is 1.95. The molecule has 0 heterocycles. The molecule has 1 saturated carbocycles. The molecule has 1 N–H and O–H groups in total. The second-order valence-corrected chi connectivity index (χ2v) is 6.11. The van der Waals surface area contributed by atoms with E-state index in [1.807, 2.05) is 12.1 Å². The van der Waals surface area contributed by atoms with Crippen LogP contribution in [0.15, 0.2) is 28.7 Å². The minimum absolute atomic E-state index is 0.179. The largest absolute Gasteiger partial charge is 0.392 e. The van der Waals surface area contributed by atoms with E-state index in [-0.39, 0.29) is 6.10 Å². The van der Waals surface area contributed by atoms with Crippen LogP contribution < -0.4 is 0 Å². The number of hydrogen-bond acceptors (Lipinski definition) is 1. The van der Waals surface area contributed by atoms with Crippen LogP contribution in [0.1, 0.15) is 25.8 Å². The fourth-order valence-corrected chi connectivity index (χ4v) is 2.43. The molecule has 1 aromatic carbocycles. The van der Waals surface area contributed by atoms with Crippen molar-refractivity contribution in [2.24, 2.45) is 11.3 Å². The fourth-order valence-electron chi connectivity index (χ4n) is 2.17. The van der Waals surface area contributed by atoms with Crippen molar-refractivity contribution < 1.29 is 5.11 Å². The monoisotopic (exact) mass is 268 g/mol. The number of benzene rings is 1. The summed E-state index contributed by atoms with van der Waals surface area (Å²) < 4.78 is 1.09. The van der Waals surface area contributed by atoms with Gasteiger partial charge >= 0.3 is 0 Å². The first kappa shape index (κ1) is 11.2. The first-order valence-electron chi connectivity index (χ1n) is 5.41. The highest BCUT2D eigenvalue weighted by Gasteiger charge is 2.49. The first-order chi connectivity index (χ1) is 6.99. The van der Waals surface area contributed by atoms with Crippen molar-refractivity contribution >= 4 is 15.9 Å². The van der Waals surface area contributed by atoms with Gasteiger partial charge in [0.15, 0.2) is 0 Å². The maximum atomic E-state index is 10.0. The predicted molar refractivity (Wildman–Crippen MR) is 65.7 cm³/mol. The summed E-state index contributed by atoms with van der Waals surface area (Å²) in [5, 5.41) is 10.0. The molecule has 1 fully saturated rings. The lowest BCUT2D eigenvalue weighted by molar-refractivity contribution is 0.137. The third kappa shape index (κ3) is 2.61. The van der Waals surface area contributed by atoms with Gasteiger partial charge in [0.2, 0.25) is 0 Å². The van der Waals surface area contributed by atoms with Gasteiger partial charge in [-0.2, -0.15) is 0 Å². The molecule has 82 valence electrons. The molecule has 0 amide bonds. The van der Waals surface area contributed by atoms with E-state index in [1.165, 1.54) is 5.56 Å². The zero-order valence-electron chi connectivity index (χ0n) is 9.20. The number of halogens is 1. The molecule has 1 nitrogen and oxygen atoms in total. The SMILES string of the molecule is CC1(C)CC1C(O)Cc1ccc(Br)cc1. The van der Waals surface area contributed by atoms with Gasteiger partial charge in [0.25, 0.3) is 0 Å². The van der Waals surface area contributed by atoms with Crippen molar-refractivity contribution in [3.05, 3.63) is 34.3 Å². The number of aliphatic hydroxyl groups is 1. The van der Waals surface area contributed by atoms with E-state index < -0.39 is 0 Å². The molecule has 2 atom stereocenters. The molecule has 0 radical (unpaired) electrons. The van der Waals surface area contributed by atoms with E-state index in [2.05, 4.69) is 41.9 Å². The number of aliphatic hydroxyl groups excluding tert-OH is 1. The van der Waals surface area contributed by atoms with Gasteiger partial charge in [0.05, 0.1) is 6.10 Å². The highest BCUT2D eigenvalue weighted by Crippen LogP contribution is 2.53. The van der Waals surface area contributed by atoms with Gasteiger partial charge in [-0.15, -0.1) is 0 Å². The van der Waals surface area contributed by atoms with Crippen LogP contribution in [0.25, 0.3) is 0 Å². The molecule has 2 heteroatoms. The second-order valence-electron chi connectivity index (χ2n) is 5.20. The summed E-state index contributed by atoms with van der Waals surface area (Å²) in [6.45, 7) is 4.45. The van der Waals surface area contributed by atoms with Crippen LogP contribution in [0.4, 0.5) is 0 Å². The summed E-state index contributed by atoms with van der Waals surface area (Å²) in [4.78, 5) is 0. The molecule has 2 unspecified atom stereocenters. The van der Waals surface area contributed by atoms with Gasteiger partial charge in [-0.3, -0.25) is 0 Å². The summed E-state index contributed by atoms with van der Waals surface area (Å²) in [5.74, 6) is 0.487. The minimum atomic E-state index is -0.179. The van der Waals surface area contributed by atoms with E-state index in [0.29, 0.717) is 11.3 Å². The van der Waals surface area contributed by atoms with Gasteiger partial charge < -0.3 is 5.11 Å². The topological polar surface area (TPSA) is 20.2 Å². The van der Waals surface area contributed by atoms with Crippen molar-refractivity contribution in [1.82, 2.24) is 0 Å². The highest BCUT2D eigenvalue weighted by molar-refractivity contribution is 9.10. The Labute approximate surface area is 99.6 Å². The van der Waals surface area contributed by atoms with Gasteiger partial charge in [-0.05, 0) is 41.9 Å². The maximum absolute atomic E-state index is 10.0. The molecule has 0 aromatic heterocycles. The Morgan fingerprint density at radius 3 is 2.40 bits per heavy atom. The van der Waals surface area contributed by atoms with Crippen LogP contribution in [0.2, 0.25) is 0 Å². The summed E-state index contributed by atoms with van der Waals surface area (Å²) in [5.41, 5.74) is 1.57. The summed E-state index contributed by atoms with van der Waals surface area (Å²) in [6.07, 6.45) is 1.76. The maximum Gasteiger partial charge on any atom is 0.0614 e. The summed E-state index contributed by atoms with van der Waals surface area (Å²) >= 11 is 3.41. The Hall–Kier alpha value is -0.340. The Kier molecular flexibility index (Phi) is 2.91. The summed E-state index contributed by atoms with van der Waals surface area (Å²) in [7, 11) is 0. The third-order valence-electron chi connectivity index (χ3n) is 3.41. The Morgan fingerprint density at radius 1 is 1.40 bits per heavy atom. The second kappa shape index (κ2) is 3.91. The molecule has 0 saturated heterocycles. The van der Waals surface area contributed by atoms with Crippen LogP contribution in [-0.2, 0) is 6.42 Å². The van der Waals surface area contributed by atoms with E-state index >= 15 is 0 Å². The van der Waals surface area contributed by atoms with Crippen molar-refractivity contribution in [1.29, 1.82) is 0 Å². The molecule has 1 aliphatic carbocycles. The lowest BCUT2D eigenvalue weighted by atomic mass is 10.00. The van der Waals surface area contributed by atoms with Crippen molar-refractivity contribution in [2.45, 2.75) is 32.8 Å². The Bertz CT molecular complexity index is 342. The average molecular weight is 269 g/mol. The molecule has 1 aromatic rings. The summed E-state index contributed by atoms with van der Waals surface area (Å²) in [6, 6.07) is 8.20. The smallest absolute Gasteiger partial charge is 0.0614 e. The van der Waals surface area contributed by atoms with E-state index in [9.17, 15) is 5.11 Å². The average Bonchev–Trinajstić information content (AvgIpc) is 2.79. The van der Waals surface area contributed by atoms with E-state index in [1.54, 1.807) is 0 Å². The lowest BCUT2D eigenvalue weighted by Crippen LogP contribution is -2.16. The zero-order chi connectivity index (χ0) is 11.1. The molecular formula is C13H17BrO. The van der Waals surface area contributed by atoms with Crippen LogP contribution in [0.3, 0.4) is 0 Å². The van der Waals surface area contributed by atoms with Gasteiger partial charge in [0.1, 0.15) is 0 Å². The number of rotatable bonds is 3. The van der Waals surface area contributed by atoms with Gasteiger partial charge in [-0.25, -0.2) is 0 Å². The molecule has 1 aliphatic rings. The normalized spacial score (nSPS) is 24.9. The number of hydrogen-bond donors (Lipinski definition) is 1. The van der Waals surface area contributed by atoms with Crippen LogP contribution >= 0.6 is 15.9 Å². The molecule has 0 aliphatic heterocycles. The van der Waals surface area contributed by atoms with Crippen LogP contribution in [0, 0.1) is 11.3 Å². The van der Waals surface area contributed by atoms with E-state index in [0.717, 1.165) is 17.3 Å². The highest BCUT2D eigenvalue weighted by atomic mass is 79.9. The molecule has 2 rings (SSSR count). The van der Waals surface area contributed by atoms with Crippen molar-refractivity contribution in [3.8, 4) is 0 Å². The lowest BCUT2D eigenvalue weighted by Gasteiger charge is -2.12. The zero-order valence-corrected chi connectivity index (χ0v) is 10.8. The fraction of sp³-hybridized carbons (Fsp3) is 0.538. The Morgan fingerprint density at radius 2 is 1.93 bits per heavy atom. The molecule has 0 bridgehead atoms. The minimum Gasteiger partial charge on any atom is -0.392 e. The molecule has 15 heavy (non-hydrogen) atoms. The third-order valence-corrected chi connectivity index (χ3v) is 3.94. The van der Waals surface area contributed by atoms with Crippen LogP contribution in [0.5, 0.6) is 0 Å².